The van der Waals surface area contributed by atoms with Crippen LogP contribution in [0.3, 0.4) is 0 Å². The molecule has 33 heavy (non-hydrogen) atoms. The number of ether oxygens (including phenoxy) is 3. The van der Waals surface area contributed by atoms with Crippen molar-refractivity contribution < 1.29 is 23.4 Å². The summed E-state index contributed by atoms with van der Waals surface area (Å²) in [6.07, 6.45) is 3.27. The second kappa shape index (κ2) is 9.19. The highest BCUT2D eigenvalue weighted by Gasteiger charge is 2.25. The number of methoxy groups -OCH3 is 3. The van der Waals surface area contributed by atoms with Crippen molar-refractivity contribution in [1.82, 2.24) is 0 Å². The quantitative estimate of drug-likeness (QED) is 0.298. The van der Waals surface area contributed by atoms with Crippen molar-refractivity contribution in [2.45, 2.75) is 6.92 Å². The molecular formula is C26H24BrNO5. The topological polar surface area (TPSA) is 61.1 Å². The lowest BCUT2D eigenvalue weighted by Crippen LogP contribution is -2.27. The first kappa shape index (κ1) is 22.7. The fraction of sp³-hybridized carbons (Fsp3) is 0.192. The zero-order valence-electron chi connectivity index (χ0n) is 19.1. The lowest BCUT2D eigenvalue weighted by Gasteiger charge is -2.23. The van der Waals surface area contributed by atoms with E-state index in [0.717, 1.165) is 33.2 Å². The number of carbonyl (C=O) groups is 1. The monoisotopic (exact) mass is 509 g/mol. The second-order valence-electron chi connectivity index (χ2n) is 7.51. The van der Waals surface area contributed by atoms with Gasteiger partial charge in [0.2, 0.25) is 0 Å². The molecule has 3 aromatic carbocycles. The van der Waals surface area contributed by atoms with E-state index in [4.69, 9.17) is 18.6 Å². The van der Waals surface area contributed by atoms with Crippen LogP contribution in [0.15, 0.2) is 63.9 Å². The van der Waals surface area contributed by atoms with Crippen LogP contribution in [0.4, 0.5) is 5.69 Å². The van der Waals surface area contributed by atoms with Gasteiger partial charge in [-0.2, -0.15) is 0 Å². The molecule has 170 valence electrons. The highest BCUT2D eigenvalue weighted by Crippen LogP contribution is 2.46. The number of amides is 1. The number of anilines is 1. The molecule has 0 fully saturated rings. The van der Waals surface area contributed by atoms with Crippen LogP contribution in [-0.2, 0) is 0 Å². The lowest BCUT2D eigenvalue weighted by molar-refractivity contribution is 0.0989. The van der Waals surface area contributed by atoms with Gasteiger partial charge in [0, 0.05) is 28.0 Å². The Bertz CT molecular complexity index is 1330. The van der Waals surface area contributed by atoms with Crippen LogP contribution in [0.1, 0.15) is 15.9 Å². The summed E-state index contributed by atoms with van der Waals surface area (Å²) in [5.41, 5.74) is 3.75. The van der Waals surface area contributed by atoms with E-state index in [2.05, 4.69) is 15.9 Å². The van der Waals surface area contributed by atoms with Crippen LogP contribution in [0.2, 0.25) is 0 Å². The van der Waals surface area contributed by atoms with Crippen LogP contribution >= 0.6 is 15.9 Å². The summed E-state index contributed by atoms with van der Waals surface area (Å²) in [6.45, 7) is 1.91. The third-order valence-electron chi connectivity index (χ3n) is 5.70. The third-order valence-corrected chi connectivity index (χ3v) is 6.36. The average molecular weight is 510 g/mol. The number of halogens is 1. The Labute approximate surface area is 200 Å². The molecule has 0 aliphatic carbocycles. The summed E-state index contributed by atoms with van der Waals surface area (Å²) in [6, 6.07) is 13.3. The van der Waals surface area contributed by atoms with Crippen molar-refractivity contribution in [2.75, 3.05) is 33.3 Å². The summed E-state index contributed by atoms with van der Waals surface area (Å²) in [5, 5.41) is 1.74. The summed E-state index contributed by atoms with van der Waals surface area (Å²) in [4.78, 5) is 15.3. The van der Waals surface area contributed by atoms with Gasteiger partial charge in [-0.3, -0.25) is 4.79 Å². The summed E-state index contributed by atoms with van der Waals surface area (Å²) in [7, 11) is 6.51. The van der Waals surface area contributed by atoms with Crippen LogP contribution in [0.25, 0.3) is 21.9 Å². The zero-order valence-corrected chi connectivity index (χ0v) is 20.6. The first-order chi connectivity index (χ1) is 15.9. The number of hydrogen-bond acceptors (Lipinski definition) is 5. The number of furan rings is 1. The molecule has 0 bridgehead atoms. The molecule has 4 aromatic rings. The largest absolute Gasteiger partial charge is 0.496 e. The second-order valence-corrected chi connectivity index (χ2v) is 8.36. The molecule has 0 saturated carbocycles. The Hall–Kier alpha value is -3.45. The zero-order chi connectivity index (χ0) is 23.7. The molecule has 0 saturated heterocycles. The van der Waals surface area contributed by atoms with E-state index in [-0.39, 0.29) is 5.91 Å². The fourth-order valence-electron chi connectivity index (χ4n) is 4.11. The van der Waals surface area contributed by atoms with Gasteiger partial charge >= 0.3 is 0 Å². The van der Waals surface area contributed by atoms with E-state index in [1.165, 1.54) is 0 Å². The van der Waals surface area contributed by atoms with E-state index < -0.39 is 0 Å². The molecule has 1 heterocycles. The van der Waals surface area contributed by atoms with Crippen LogP contribution in [0, 0.1) is 6.92 Å². The van der Waals surface area contributed by atoms with Gasteiger partial charge in [-0.1, -0.05) is 18.2 Å². The van der Waals surface area contributed by atoms with Gasteiger partial charge in [-0.25, -0.2) is 0 Å². The maximum atomic E-state index is 13.7. The molecule has 1 amide bonds. The predicted molar refractivity (Wildman–Crippen MR) is 133 cm³/mol. The summed E-state index contributed by atoms with van der Waals surface area (Å²) >= 11 is 3.52. The molecule has 0 N–H and O–H groups in total. The third kappa shape index (κ3) is 3.82. The van der Waals surface area contributed by atoms with Gasteiger partial charge < -0.3 is 23.5 Å². The number of hydrogen-bond donors (Lipinski definition) is 0. The van der Waals surface area contributed by atoms with Crippen molar-refractivity contribution in [3.05, 3.63) is 70.6 Å². The minimum absolute atomic E-state index is 0.199. The standard InChI is InChI=1S/C26H24BrNO5/c1-15-9-10-19(27)23(24(15)31-4)26(29)28(2)20-8-6-7-17-18(20)13-21(30-3)25(32-5)22(17)16-11-12-33-14-16/h6-14H,1-5H3. The van der Waals surface area contributed by atoms with Crippen molar-refractivity contribution in [3.8, 4) is 28.4 Å². The molecule has 0 aliphatic heterocycles. The van der Waals surface area contributed by atoms with E-state index in [1.807, 2.05) is 49.4 Å². The normalized spacial score (nSPS) is 10.8. The Morgan fingerprint density at radius 2 is 1.73 bits per heavy atom. The highest BCUT2D eigenvalue weighted by molar-refractivity contribution is 9.10. The molecule has 0 aliphatic rings. The maximum absolute atomic E-state index is 13.7. The molecule has 0 spiro atoms. The fourth-order valence-corrected chi connectivity index (χ4v) is 4.59. The number of fused-ring (bicyclic) bond motifs is 1. The minimum atomic E-state index is -0.199. The van der Waals surface area contributed by atoms with Crippen LogP contribution < -0.4 is 19.1 Å². The Balaban J connectivity index is 1.96. The van der Waals surface area contributed by atoms with E-state index >= 15 is 0 Å². The highest BCUT2D eigenvalue weighted by atomic mass is 79.9. The molecule has 1 aromatic heterocycles. The number of nitrogens with zero attached hydrogens (tertiary/aromatic N) is 1. The molecule has 0 atom stereocenters. The van der Waals surface area contributed by atoms with E-state index in [0.29, 0.717) is 27.3 Å². The van der Waals surface area contributed by atoms with Crippen molar-refractivity contribution >= 4 is 38.3 Å². The number of aryl methyl sites for hydroxylation is 1. The maximum Gasteiger partial charge on any atom is 0.262 e. The van der Waals surface area contributed by atoms with Crippen molar-refractivity contribution in [2.24, 2.45) is 0 Å². The van der Waals surface area contributed by atoms with Crippen LogP contribution in [-0.4, -0.2) is 34.3 Å². The molecule has 0 radical (unpaired) electrons. The Morgan fingerprint density at radius 1 is 0.970 bits per heavy atom. The Kier molecular flexibility index (Phi) is 6.33. The van der Waals surface area contributed by atoms with Gasteiger partial charge in [-0.05, 0) is 58.1 Å². The van der Waals surface area contributed by atoms with Crippen molar-refractivity contribution in [1.29, 1.82) is 0 Å². The molecule has 6 nitrogen and oxygen atoms in total. The van der Waals surface area contributed by atoms with Gasteiger partial charge in [0.15, 0.2) is 11.5 Å². The van der Waals surface area contributed by atoms with Gasteiger partial charge in [0.1, 0.15) is 5.75 Å². The number of rotatable bonds is 6. The molecule has 0 unspecified atom stereocenters. The van der Waals surface area contributed by atoms with Gasteiger partial charge in [0.05, 0.1) is 45.1 Å². The molecular weight excluding hydrogens is 486 g/mol. The molecule has 7 heteroatoms. The van der Waals surface area contributed by atoms with Gasteiger partial charge in [0.25, 0.3) is 5.91 Å². The summed E-state index contributed by atoms with van der Waals surface area (Å²) < 4.78 is 22.9. The molecule has 4 rings (SSSR count). The Morgan fingerprint density at radius 3 is 2.36 bits per heavy atom. The first-order valence-electron chi connectivity index (χ1n) is 10.2. The number of benzene rings is 3. The smallest absolute Gasteiger partial charge is 0.262 e. The van der Waals surface area contributed by atoms with Crippen LogP contribution in [0.5, 0.6) is 17.2 Å². The first-order valence-corrected chi connectivity index (χ1v) is 11.0. The van der Waals surface area contributed by atoms with Crippen molar-refractivity contribution in [3.63, 3.8) is 0 Å². The predicted octanol–water partition coefficient (Wildman–Crippen LogP) is 6.47. The van der Waals surface area contributed by atoms with E-state index in [9.17, 15) is 4.79 Å². The van der Waals surface area contributed by atoms with Gasteiger partial charge in [-0.15, -0.1) is 0 Å². The minimum Gasteiger partial charge on any atom is -0.496 e. The lowest BCUT2D eigenvalue weighted by atomic mass is 9.96. The SMILES string of the molecule is COc1cc2c(N(C)C(=O)c3c(Br)ccc(C)c3OC)cccc2c(-c2ccoc2)c1OC. The van der Waals surface area contributed by atoms with E-state index in [1.54, 1.807) is 45.8 Å². The average Bonchev–Trinajstić information content (AvgIpc) is 3.37. The number of carbonyl (C=O) groups excluding carboxylic acids is 1. The summed E-state index contributed by atoms with van der Waals surface area (Å²) in [5.74, 6) is 1.50.